The lowest BCUT2D eigenvalue weighted by molar-refractivity contribution is 0.0559. The smallest absolute Gasteiger partial charge is 0.290 e. The van der Waals surface area contributed by atoms with Gasteiger partial charge >= 0.3 is 0 Å². The molecule has 2 aliphatic carbocycles. The molecule has 2 aliphatic rings. The summed E-state index contributed by atoms with van der Waals surface area (Å²) in [4.78, 5) is 31.7. The largest absolute Gasteiger partial charge is 0.459 e. The van der Waals surface area contributed by atoms with Crippen molar-refractivity contribution in [3.63, 3.8) is 0 Å². The Hall–Kier alpha value is -2.57. The molecule has 0 aliphatic heterocycles. The predicted molar refractivity (Wildman–Crippen MR) is 106 cm³/mol. The SMILES string of the molecule is O=C(NC1CCCCC1)c1coc(CN(C(=O)c2ccco2)C2CCCCC2)n1. The van der Waals surface area contributed by atoms with Crippen LogP contribution >= 0.6 is 0 Å². The van der Waals surface area contributed by atoms with Gasteiger partial charge in [0.1, 0.15) is 6.26 Å². The molecule has 0 radical (unpaired) electrons. The van der Waals surface area contributed by atoms with Crippen LogP contribution in [0.3, 0.4) is 0 Å². The number of aromatic nitrogens is 1. The highest BCUT2D eigenvalue weighted by Gasteiger charge is 2.29. The Kier molecular flexibility index (Phi) is 6.32. The zero-order chi connectivity index (χ0) is 20.1. The molecule has 0 aromatic carbocycles. The molecular weight excluding hydrogens is 370 g/mol. The van der Waals surface area contributed by atoms with Crippen LogP contribution in [-0.2, 0) is 6.54 Å². The third-order valence-corrected chi connectivity index (χ3v) is 6.04. The molecule has 2 heterocycles. The number of oxazole rings is 1. The molecule has 7 heteroatoms. The van der Waals surface area contributed by atoms with Gasteiger partial charge in [0.05, 0.1) is 12.8 Å². The quantitative estimate of drug-likeness (QED) is 0.782. The second kappa shape index (κ2) is 9.29. The average molecular weight is 399 g/mol. The van der Waals surface area contributed by atoms with Crippen LogP contribution in [0.1, 0.15) is 91.1 Å². The maximum absolute atomic E-state index is 13.0. The summed E-state index contributed by atoms with van der Waals surface area (Å²) in [6.07, 6.45) is 13.8. The molecule has 156 valence electrons. The number of nitrogens with zero attached hydrogens (tertiary/aromatic N) is 2. The third-order valence-electron chi connectivity index (χ3n) is 6.04. The van der Waals surface area contributed by atoms with Crippen molar-refractivity contribution >= 4 is 11.8 Å². The first-order valence-electron chi connectivity index (χ1n) is 10.8. The molecule has 29 heavy (non-hydrogen) atoms. The van der Waals surface area contributed by atoms with E-state index < -0.39 is 0 Å². The molecule has 2 aromatic rings. The molecular formula is C22H29N3O4. The molecule has 0 atom stereocenters. The van der Waals surface area contributed by atoms with Gasteiger partial charge in [-0.15, -0.1) is 0 Å². The van der Waals surface area contributed by atoms with Gasteiger partial charge in [0, 0.05) is 12.1 Å². The summed E-state index contributed by atoms with van der Waals surface area (Å²) in [6.45, 7) is 0.237. The van der Waals surface area contributed by atoms with E-state index in [4.69, 9.17) is 8.83 Å². The molecule has 1 N–H and O–H groups in total. The van der Waals surface area contributed by atoms with Gasteiger partial charge in [-0.05, 0) is 37.8 Å². The fraction of sp³-hybridized carbons (Fsp3) is 0.591. The second-order valence-electron chi connectivity index (χ2n) is 8.14. The first-order valence-corrected chi connectivity index (χ1v) is 10.8. The summed E-state index contributed by atoms with van der Waals surface area (Å²) in [7, 11) is 0. The standard InChI is InChI=1S/C22H29N3O4/c26-21(23-16-8-3-1-4-9-16)18-15-29-20(24-18)14-25(17-10-5-2-6-11-17)22(27)19-12-7-13-28-19/h7,12-13,15-17H,1-6,8-11,14H2,(H,23,26). The van der Waals surface area contributed by atoms with Crippen LogP contribution in [-0.4, -0.2) is 33.8 Å². The number of hydrogen-bond acceptors (Lipinski definition) is 5. The fourth-order valence-electron chi connectivity index (χ4n) is 4.44. The Labute approximate surface area is 170 Å². The van der Waals surface area contributed by atoms with E-state index in [0.717, 1.165) is 51.4 Å². The Bertz CT molecular complexity index is 802. The minimum atomic E-state index is -0.200. The van der Waals surface area contributed by atoms with Crippen LogP contribution in [0.5, 0.6) is 0 Å². The van der Waals surface area contributed by atoms with Crippen molar-refractivity contribution in [3.8, 4) is 0 Å². The maximum atomic E-state index is 13.0. The number of amides is 2. The lowest BCUT2D eigenvalue weighted by Crippen LogP contribution is -2.41. The number of carbonyl (C=O) groups excluding carboxylic acids is 2. The van der Waals surface area contributed by atoms with Crippen molar-refractivity contribution in [3.05, 3.63) is 42.0 Å². The molecule has 2 saturated carbocycles. The van der Waals surface area contributed by atoms with Gasteiger partial charge in [0.25, 0.3) is 11.8 Å². The summed E-state index contributed by atoms with van der Waals surface area (Å²) in [5, 5.41) is 3.05. The lowest BCUT2D eigenvalue weighted by atomic mass is 9.94. The topological polar surface area (TPSA) is 88.6 Å². The van der Waals surface area contributed by atoms with Crippen LogP contribution < -0.4 is 5.32 Å². The first kappa shape index (κ1) is 19.7. The second-order valence-corrected chi connectivity index (χ2v) is 8.14. The van der Waals surface area contributed by atoms with Gasteiger partial charge in [-0.25, -0.2) is 4.98 Å². The third kappa shape index (κ3) is 4.89. The van der Waals surface area contributed by atoms with E-state index >= 15 is 0 Å². The van der Waals surface area contributed by atoms with E-state index in [2.05, 4.69) is 10.3 Å². The number of furan rings is 1. The lowest BCUT2D eigenvalue weighted by Gasteiger charge is -2.33. The highest BCUT2D eigenvalue weighted by atomic mass is 16.3. The zero-order valence-corrected chi connectivity index (χ0v) is 16.8. The summed E-state index contributed by atoms with van der Waals surface area (Å²) >= 11 is 0. The average Bonchev–Trinajstić information content (AvgIpc) is 3.45. The van der Waals surface area contributed by atoms with Crippen molar-refractivity contribution < 1.29 is 18.4 Å². The van der Waals surface area contributed by atoms with E-state index in [-0.39, 0.29) is 36.1 Å². The molecule has 7 nitrogen and oxygen atoms in total. The summed E-state index contributed by atoms with van der Waals surface area (Å²) < 4.78 is 10.9. The molecule has 0 saturated heterocycles. The minimum Gasteiger partial charge on any atom is -0.459 e. The Morgan fingerprint density at radius 1 is 1.03 bits per heavy atom. The van der Waals surface area contributed by atoms with E-state index in [0.29, 0.717) is 11.7 Å². The summed E-state index contributed by atoms with van der Waals surface area (Å²) in [6, 6.07) is 3.74. The van der Waals surface area contributed by atoms with E-state index in [1.165, 1.54) is 25.4 Å². The van der Waals surface area contributed by atoms with Crippen molar-refractivity contribution in [2.75, 3.05) is 0 Å². The Morgan fingerprint density at radius 2 is 1.76 bits per heavy atom. The highest BCUT2D eigenvalue weighted by Crippen LogP contribution is 2.26. The van der Waals surface area contributed by atoms with Gasteiger partial charge in [-0.3, -0.25) is 9.59 Å². The number of nitrogens with one attached hydrogen (secondary N) is 1. The van der Waals surface area contributed by atoms with Crippen molar-refractivity contribution in [1.82, 2.24) is 15.2 Å². The first-order chi connectivity index (χ1) is 14.2. The molecule has 2 amide bonds. The van der Waals surface area contributed by atoms with Gasteiger partial charge < -0.3 is 19.1 Å². The molecule has 0 bridgehead atoms. The van der Waals surface area contributed by atoms with Crippen LogP contribution in [0, 0.1) is 0 Å². The summed E-state index contributed by atoms with van der Waals surface area (Å²) in [5.41, 5.74) is 0.277. The summed E-state index contributed by atoms with van der Waals surface area (Å²) in [5.74, 6) is 0.337. The molecule has 4 rings (SSSR count). The van der Waals surface area contributed by atoms with E-state index in [9.17, 15) is 9.59 Å². The molecule has 2 fully saturated rings. The number of rotatable bonds is 6. The fourth-order valence-corrected chi connectivity index (χ4v) is 4.44. The van der Waals surface area contributed by atoms with Crippen molar-refractivity contribution in [2.45, 2.75) is 82.8 Å². The number of hydrogen-bond donors (Lipinski definition) is 1. The van der Waals surface area contributed by atoms with Crippen molar-refractivity contribution in [1.29, 1.82) is 0 Å². The van der Waals surface area contributed by atoms with Gasteiger partial charge in [0.15, 0.2) is 11.5 Å². The van der Waals surface area contributed by atoms with Crippen molar-refractivity contribution in [2.24, 2.45) is 0 Å². The highest BCUT2D eigenvalue weighted by molar-refractivity contribution is 5.92. The van der Waals surface area contributed by atoms with Crippen LogP contribution in [0.25, 0.3) is 0 Å². The molecule has 0 spiro atoms. The van der Waals surface area contributed by atoms with E-state index in [1.54, 1.807) is 17.0 Å². The Balaban J connectivity index is 1.44. The van der Waals surface area contributed by atoms with E-state index in [1.807, 2.05) is 0 Å². The van der Waals surface area contributed by atoms with Gasteiger partial charge in [0.2, 0.25) is 5.89 Å². The normalized spacial score (nSPS) is 18.5. The minimum absolute atomic E-state index is 0.132. The van der Waals surface area contributed by atoms with Crippen LogP contribution in [0.15, 0.2) is 33.5 Å². The predicted octanol–water partition coefficient (Wildman–Crippen LogP) is 4.31. The maximum Gasteiger partial charge on any atom is 0.290 e. The Morgan fingerprint density at radius 3 is 2.45 bits per heavy atom. The monoisotopic (exact) mass is 399 g/mol. The number of carbonyl (C=O) groups is 2. The van der Waals surface area contributed by atoms with Gasteiger partial charge in [-0.2, -0.15) is 0 Å². The van der Waals surface area contributed by atoms with Gasteiger partial charge in [-0.1, -0.05) is 38.5 Å². The zero-order valence-electron chi connectivity index (χ0n) is 16.8. The molecule has 2 aromatic heterocycles. The van der Waals surface area contributed by atoms with Crippen LogP contribution in [0.2, 0.25) is 0 Å². The van der Waals surface area contributed by atoms with Crippen LogP contribution in [0.4, 0.5) is 0 Å². The molecule has 0 unspecified atom stereocenters.